The standard InChI is InChI=1S/C18H26N4OS/c23-17(15(11-3-4-11)12-5-6-12)21-9-1-2-13(10-21)16-19-20-18(24)22(16)14-7-8-14/h11-15H,1-10H2,(H,20,24)/t13-/m0/s1. The van der Waals surface area contributed by atoms with Crippen molar-refractivity contribution in [1.82, 2.24) is 19.7 Å². The highest BCUT2D eigenvalue weighted by Gasteiger charge is 2.47. The highest BCUT2D eigenvalue weighted by atomic mass is 32.1. The number of H-pyrrole nitrogens is 1. The summed E-state index contributed by atoms with van der Waals surface area (Å²) in [5.41, 5.74) is 0. The molecule has 2 heterocycles. The van der Waals surface area contributed by atoms with E-state index in [9.17, 15) is 4.79 Å². The summed E-state index contributed by atoms with van der Waals surface area (Å²) in [6.07, 6.45) is 9.70. The van der Waals surface area contributed by atoms with Gasteiger partial charge >= 0.3 is 0 Å². The van der Waals surface area contributed by atoms with Gasteiger partial charge in [-0.1, -0.05) is 0 Å². The predicted octanol–water partition coefficient (Wildman–Crippen LogP) is 3.42. The summed E-state index contributed by atoms with van der Waals surface area (Å²) < 4.78 is 2.98. The van der Waals surface area contributed by atoms with Crippen molar-refractivity contribution >= 4 is 18.1 Å². The molecule has 5 nitrogen and oxygen atoms in total. The Morgan fingerprint density at radius 2 is 1.83 bits per heavy atom. The van der Waals surface area contributed by atoms with Crippen LogP contribution in [-0.2, 0) is 4.79 Å². The van der Waals surface area contributed by atoms with E-state index in [2.05, 4.69) is 19.7 Å². The Balaban J connectivity index is 1.34. The van der Waals surface area contributed by atoms with Gasteiger partial charge in [-0.2, -0.15) is 5.10 Å². The van der Waals surface area contributed by atoms with Gasteiger partial charge in [0.05, 0.1) is 0 Å². The van der Waals surface area contributed by atoms with Crippen LogP contribution in [0.25, 0.3) is 0 Å². The monoisotopic (exact) mass is 346 g/mol. The zero-order valence-corrected chi connectivity index (χ0v) is 14.9. The van der Waals surface area contributed by atoms with Gasteiger partial charge in [-0.15, -0.1) is 0 Å². The first-order chi connectivity index (χ1) is 11.7. The molecule has 1 aromatic heterocycles. The number of rotatable bonds is 5. The van der Waals surface area contributed by atoms with Crippen molar-refractivity contribution in [2.45, 2.75) is 63.3 Å². The van der Waals surface area contributed by atoms with Crippen molar-refractivity contribution in [2.75, 3.05) is 13.1 Å². The van der Waals surface area contributed by atoms with E-state index in [4.69, 9.17) is 12.2 Å². The van der Waals surface area contributed by atoms with Crippen molar-refractivity contribution in [3.05, 3.63) is 10.6 Å². The quantitative estimate of drug-likeness (QED) is 0.831. The van der Waals surface area contributed by atoms with Crippen molar-refractivity contribution < 1.29 is 4.79 Å². The molecule has 1 aromatic rings. The van der Waals surface area contributed by atoms with E-state index in [1.165, 1.54) is 38.5 Å². The molecule has 24 heavy (non-hydrogen) atoms. The molecule has 130 valence electrons. The van der Waals surface area contributed by atoms with E-state index < -0.39 is 0 Å². The van der Waals surface area contributed by atoms with Crippen molar-refractivity contribution in [3.8, 4) is 0 Å². The minimum atomic E-state index is 0.327. The number of amides is 1. The number of nitrogens with one attached hydrogen (secondary N) is 1. The van der Waals surface area contributed by atoms with Crippen LogP contribution in [0.3, 0.4) is 0 Å². The molecule has 0 spiro atoms. The predicted molar refractivity (Wildman–Crippen MR) is 93.2 cm³/mol. The Morgan fingerprint density at radius 3 is 2.46 bits per heavy atom. The molecule has 0 unspecified atom stereocenters. The Bertz CT molecular complexity index is 686. The fourth-order valence-electron chi connectivity index (χ4n) is 4.59. The van der Waals surface area contributed by atoms with Crippen molar-refractivity contribution in [3.63, 3.8) is 0 Å². The molecule has 1 amide bonds. The third-order valence-electron chi connectivity index (χ3n) is 6.29. The van der Waals surface area contributed by atoms with Crippen LogP contribution in [-0.4, -0.2) is 38.7 Å². The number of likely N-dealkylation sites (tertiary alicyclic amines) is 1. The lowest BCUT2D eigenvalue weighted by Crippen LogP contribution is -2.44. The first kappa shape index (κ1) is 15.1. The van der Waals surface area contributed by atoms with Gasteiger partial charge in [0.25, 0.3) is 0 Å². The number of piperidine rings is 1. The summed E-state index contributed by atoms with van der Waals surface area (Å²) in [6.45, 7) is 1.76. The largest absolute Gasteiger partial charge is 0.342 e. The van der Waals surface area contributed by atoms with Gasteiger partial charge in [0, 0.05) is 31.0 Å². The molecule has 0 aromatic carbocycles. The molecule has 4 aliphatic rings. The minimum Gasteiger partial charge on any atom is -0.342 e. The molecule has 3 aliphatic carbocycles. The lowest BCUT2D eigenvalue weighted by atomic mass is 9.92. The lowest BCUT2D eigenvalue weighted by Gasteiger charge is -2.35. The summed E-state index contributed by atoms with van der Waals surface area (Å²) in [4.78, 5) is 15.3. The molecule has 4 fully saturated rings. The second-order valence-electron chi connectivity index (χ2n) is 8.31. The average Bonchev–Trinajstić information content (AvgIpc) is 3.44. The van der Waals surface area contributed by atoms with Crippen molar-refractivity contribution in [2.24, 2.45) is 17.8 Å². The van der Waals surface area contributed by atoms with Crippen LogP contribution >= 0.6 is 12.2 Å². The molecular formula is C18H26N4OS. The number of carbonyl (C=O) groups excluding carboxylic acids is 1. The molecular weight excluding hydrogens is 320 g/mol. The van der Waals surface area contributed by atoms with Gasteiger partial charge in [0.2, 0.25) is 5.91 Å². The van der Waals surface area contributed by atoms with Gasteiger partial charge in [-0.3, -0.25) is 9.89 Å². The molecule has 3 saturated carbocycles. The highest BCUT2D eigenvalue weighted by Crippen LogP contribution is 2.50. The average molecular weight is 347 g/mol. The maximum Gasteiger partial charge on any atom is 0.226 e. The maximum absolute atomic E-state index is 13.1. The maximum atomic E-state index is 13.1. The lowest BCUT2D eigenvalue weighted by molar-refractivity contribution is -0.138. The summed E-state index contributed by atoms with van der Waals surface area (Å²) in [6, 6.07) is 0.544. The van der Waals surface area contributed by atoms with Crippen LogP contribution in [0.2, 0.25) is 0 Å². The van der Waals surface area contributed by atoms with Gasteiger partial charge in [0.1, 0.15) is 5.82 Å². The van der Waals surface area contributed by atoms with Crippen LogP contribution in [0, 0.1) is 22.5 Å². The molecule has 1 N–H and O–H groups in total. The Kier molecular flexibility index (Phi) is 3.58. The summed E-state index contributed by atoms with van der Waals surface area (Å²) in [7, 11) is 0. The molecule has 5 rings (SSSR count). The van der Waals surface area contributed by atoms with Crippen LogP contribution in [0.1, 0.15) is 69.2 Å². The second kappa shape index (κ2) is 5.68. The number of hydrogen-bond donors (Lipinski definition) is 1. The number of aromatic nitrogens is 3. The van der Waals surface area contributed by atoms with E-state index in [1.807, 2.05) is 0 Å². The summed E-state index contributed by atoms with van der Waals surface area (Å²) in [5.74, 6) is 3.58. The smallest absolute Gasteiger partial charge is 0.226 e. The van der Waals surface area contributed by atoms with E-state index in [-0.39, 0.29) is 0 Å². The molecule has 0 radical (unpaired) electrons. The highest BCUT2D eigenvalue weighted by molar-refractivity contribution is 7.71. The SMILES string of the molecule is O=C(C(C1CC1)C1CC1)N1CCC[C@H](c2n[nH]c(=S)n2C2CC2)C1. The number of nitrogens with zero attached hydrogens (tertiary/aromatic N) is 3. The van der Waals surface area contributed by atoms with Gasteiger partial charge < -0.3 is 9.47 Å². The Hall–Kier alpha value is -1.17. The van der Waals surface area contributed by atoms with E-state index in [0.717, 1.165) is 36.5 Å². The fraction of sp³-hybridized carbons (Fsp3) is 0.833. The molecule has 1 aliphatic heterocycles. The fourth-order valence-corrected chi connectivity index (χ4v) is 4.88. The van der Waals surface area contributed by atoms with Crippen molar-refractivity contribution in [1.29, 1.82) is 0 Å². The number of hydrogen-bond acceptors (Lipinski definition) is 3. The zero-order chi connectivity index (χ0) is 16.3. The molecule has 1 saturated heterocycles. The second-order valence-corrected chi connectivity index (χ2v) is 8.70. The van der Waals surface area contributed by atoms with Crippen LogP contribution in [0.15, 0.2) is 0 Å². The first-order valence-electron chi connectivity index (χ1n) is 9.68. The Morgan fingerprint density at radius 1 is 1.12 bits per heavy atom. The van der Waals surface area contributed by atoms with Crippen LogP contribution in [0.5, 0.6) is 0 Å². The third kappa shape index (κ3) is 2.72. The molecule has 6 heteroatoms. The summed E-state index contributed by atoms with van der Waals surface area (Å²) in [5, 5.41) is 7.53. The topological polar surface area (TPSA) is 53.9 Å². The van der Waals surface area contributed by atoms with Gasteiger partial charge in [-0.25, -0.2) is 0 Å². The van der Waals surface area contributed by atoms with E-state index >= 15 is 0 Å². The molecule has 1 atom stereocenters. The van der Waals surface area contributed by atoms with E-state index in [1.54, 1.807) is 0 Å². The van der Waals surface area contributed by atoms with Crippen LogP contribution in [0.4, 0.5) is 0 Å². The number of aromatic amines is 1. The normalized spacial score (nSPS) is 27.7. The Labute approximate surface area is 147 Å². The zero-order valence-electron chi connectivity index (χ0n) is 14.1. The van der Waals surface area contributed by atoms with Gasteiger partial charge in [-0.05, 0) is 75.4 Å². The summed E-state index contributed by atoms with van der Waals surface area (Å²) >= 11 is 5.43. The molecule has 0 bridgehead atoms. The number of carbonyl (C=O) groups is 1. The van der Waals surface area contributed by atoms with E-state index in [0.29, 0.717) is 35.6 Å². The third-order valence-corrected chi connectivity index (χ3v) is 6.57. The van der Waals surface area contributed by atoms with Crippen LogP contribution < -0.4 is 0 Å². The van der Waals surface area contributed by atoms with Gasteiger partial charge in [0.15, 0.2) is 4.77 Å². The minimum absolute atomic E-state index is 0.327. The first-order valence-corrected chi connectivity index (χ1v) is 10.1.